The van der Waals surface area contributed by atoms with Crippen LogP contribution in [-0.2, 0) is 22.4 Å². The molecule has 1 fully saturated rings. The fourth-order valence-electron chi connectivity index (χ4n) is 4.29. The fourth-order valence-corrected chi connectivity index (χ4v) is 4.29. The van der Waals surface area contributed by atoms with Crippen molar-refractivity contribution in [2.75, 3.05) is 33.3 Å². The monoisotopic (exact) mass is 424 g/mol. The van der Waals surface area contributed by atoms with Crippen molar-refractivity contribution in [3.63, 3.8) is 0 Å². The number of aromatic amines is 1. The van der Waals surface area contributed by atoms with E-state index in [4.69, 9.17) is 9.72 Å². The van der Waals surface area contributed by atoms with Crippen LogP contribution in [-0.4, -0.2) is 71.2 Å². The van der Waals surface area contributed by atoms with Crippen molar-refractivity contribution in [3.8, 4) is 0 Å². The number of hydrogen-bond donors (Lipinski definition) is 1. The molecule has 1 aromatic carbocycles. The maximum absolute atomic E-state index is 12.7. The molecule has 10 heteroatoms. The van der Waals surface area contributed by atoms with Gasteiger partial charge in [0.25, 0.3) is 0 Å². The lowest BCUT2D eigenvalue weighted by Crippen LogP contribution is -2.42. The van der Waals surface area contributed by atoms with Crippen molar-refractivity contribution >= 4 is 23.0 Å². The maximum Gasteiger partial charge on any atom is 0.471 e. The number of likely N-dealkylation sites (tertiary alicyclic amines) is 1. The summed E-state index contributed by atoms with van der Waals surface area (Å²) in [5.74, 6) is -0.707. The molecule has 0 bridgehead atoms. The van der Waals surface area contributed by atoms with Crippen molar-refractivity contribution in [3.05, 3.63) is 29.1 Å². The molecule has 1 saturated heterocycles. The molecular formula is C20H23F3N4O3. The molecule has 7 nitrogen and oxygen atoms in total. The van der Waals surface area contributed by atoms with Crippen molar-refractivity contribution in [2.45, 2.75) is 37.8 Å². The largest absolute Gasteiger partial charge is 0.471 e. The highest BCUT2D eigenvalue weighted by Crippen LogP contribution is 2.30. The average molecular weight is 424 g/mol. The molecule has 1 aromatic heterocycles. The molecule has 0 spiro atoms. The molecule has 2 aliphatic heterocycles. The highest BCUT2D eigenvalue weighted by Gasteiger charge is 2.42. The number of nitrogens with one attached hydrogen (secondary N) is 1. The number of fused-ring (bicyclic) bond motifs is 2. The number of imidazole rings is 1. The Hall–Kier alpha value is -2.78. The van der Waals surface area contributed by atoms with E-state index < -0.39 is 12.1 Å². The van der Waals surface area contributed by atoms with Crippen LogP contribution in [0.25, 0.3) is 11.0 Å². The molecule has 0 saturated carbocycles. The molecule has 162 valence electrons. The SMILES string of the molecule is COC(=O)N1CCC(c2nc3cc4c(cc3[nH]2)CCN(C(=O)C(F)(F)F)CC4)CC1. The van der Waals surface area contributed by atoms with E-state index in [1.165, 1.54) is 7.11 Å². The Morgan fingerprint density at radius 1 is 1.07 bits per heavy atom. The summed E-state index contributed by atoms with van der Waals surface area (Å²) in [6.45, 7) is 1.30. The fraction of sp³-hybridized carbons (Fsp3) is 0.550. The summed E-state index contributed by atoms with van der Waals surface area (Å²) in [7, 11) is 1.37. The first kappa shape index (κ1) is 20.5. The number of hydrogen-bond acceptors (Lipinski definition) is 4. The van der Waals surface area contributed by atoms with Gasteiger partial charge in [0.15, 0.2) is 0 Å². The number of alkyl halides is 3. The third-order valence-electron chi connectivity index (χ3n) is 5.97. The minimum Gasteiger partial charge on any atom is -0.453 e. The van der Waals surface area contributed by atoms with E-state index in [-0.39, 0.29) is 25.1 Å². The van der Waals surface area contributed by atoms with Crippen LogP contribution >= 0.6 is 0 Å². The number of H-pyrrole nitrogens is 1. The molecule has 0 atom stereocenters. The second-order valence-corrected chi connectivity index (χ2v) is 7.78. The standard InChI is InChI=1S/C20H23F3N4O3/c1-30-19(29)27-8-2-12(3-9-27)17-24-15-10-13-4-6-26(18(28)20(21,22)23)7-5-14(13)11-16(15)25-17/h10-12H,2-9H2,1H3,(H,24,25). The molecular weight excluding hydrogens is 401 g/mol. The maximum atomic E-state index is 12.7. The Morgan fingerprint density at radius 2 is 1.70 bits per heavy atom. The molecule has 2 aromatic rings. The molecule has 0 radical (unpaired) electrons. The molecule has 2 aliphatic rings. The predicted octanol–water partition coefficient (Wildman–Crippen LogP) is 3.00. The zero-order valence-corrected chi connectivity index (χ0v) is 16.6. The molecule has 3 heterocycles. The number of nitrogens with zero attached hydrogens (tertiary/aromatic N) is 3. The van der Waals surface area contributed by atoms with Crippen LogP contribution in [0.5, 0.6) is 0 Å². The van der Waals surface area contributed by atoms with Gasteiger partial charge in [0, 0.05) is 32.1 Å². The molecule has 0 aliphatic carbocycles. The lowest BCUT2D eigenvalue weighted by Gasteiger charge is -2.29. The zero-order chi connectivity index (χ0) is 21.5. The molecule has 30 heavy (non-hydrogen) atoms. The predicted molar refractivity (Wildman–Crippen MR) is 102 cm³/mol. The Kier molecular flexibility index (Phi) is 5.33. The van der Waals surface area contributed by atoms with E-state index in [1.54, 1.807) is 4.90 Å². The normalized spacial score (nSPS) is 18.3. The Morgan fingerprint density at radius 3 is 2.30 bits per heavy atom. The van der Waals surface area contributed by atoms with Crippen LogP contribution in [0.4, 0.5) is 18.0 Å². The smallest absolute Gasteiger partial charge is 0.453 e. The van der Waals surface area contributed by atoms with Gasteiger partial charge in [0.1, 0.15) is 5.82 Å². The van der Waals surface area contributed by atoms with Crippen LogP contribution in [0.1, 0.15) is 35.7 Å². The van der Waals surface area contributed by atoms with Crippen LogP contribution in [0.2, 0.25) is 0 Å². The van der Waals surface area contributed by atoms with Gasteiger partial charge >= 0.3 is 18.2 Å². The summed E-state index contributed by atoms with van der Waals surface area (Å²) in [5, 5.41) is 0. The molecule has 2 amide bonds. The number of carbonyl (C=O) groups is 2. The van der Waals surface area contributed by atoms with Gasteiger partial charge in [-0.2, -0.15) is 13.2 Å². The van der Waals surface area contributed by atoms with Gasteiger partial charge in [-0.1, -0.05) is 0 Å². The summed E-state index contributed by atoms with van der Waals surface area (Å²) in [6, 6.07) is 3.85. The number of ether oxygens (including phenoxy) is 1. The number of amides is 2. The highest BCUT2D eigenvalue weighted by molar-refractivity contribution is 5.82. The first-order valence-corrected chi connectivity index (χ1v) is 9.96. The van der Waals surface area contributed by atoms with E-state index in [2.05, 4.69) is 4.98 Å². The number of benzene rings is 1. The summed E-state index contributed by atoms with van der Waals surface area (Å²) in [4.78, 5) is 33.8. The van der Waals surface area contributed by atoms with E-state index in [0.29, 0.717) is 25.9 Å². The second kappa shape index (κ2) is 7.81. The number of halogens is 3. The minimum absolute atomic E-state index is 0.0418. The third kappa shape index (κ3) is 3.95. The molecule has 1 N–H and O–H groups in total. The summed E-state index contributed by atoms with van der Waals surface area (Å²) in [5.41, 5.74) is 3.48. The second-order valence-electron chi connectivity index (χ2n) is 7.78. The van der Waals surface area contributed by atoms with Crippen LogP contribution in [0.15, 0.2) is 12.1 Å². The third-order valence-corrected chi connectivity index (χ3v) is 5.97. The van der Waals surface area contributed by atoms with Gasteiger partial charge in [-0.3, -0.25) is 4.79 Å². The van der Waals surface area contributed by atoms with Gasteiger partial charge in [0.05, 0.1) is 18.1 Å². The molecule has 4 rings (SSSR count). The van der Waals surface area contributed by atoms with E-state index >= 15 is 0 Å². The summed E-state index contributed by atoms with van der Waals surface area (Å²) in [6.07, 6.45) is -2.86. The number of piperidine rings is 1. The van der Waals surface area contributed by atoms with E-state index in [0.717, 1.165) is 45.7 Å². The van der Waals surface area contributed by atoms with Crippen molar-refractivity contribution in [2.24, 2.45) is 0 Å². The van der Waals surface area contributed by atoms with E-state index in [1.807, 2.05) is 12.1 Å². The number of rotatable bonds is 1. The van der Waals surface area contributed by atoms with Gasteiger partial charge in [-0.05, 0) is 48.9 Å². The van der Waals surface area contributed by atoms with Crippen LogP contribution in [0.3, 0.4) is 0 Å². The summed E-state index contributed by atoms with van der Waals surface area (Å²) >= 11 is 0. The Labute approximate surface area is 171 Å². The van der Waals surface area contributed by atoms with Crippen molar-refractivity contribution < 1.29 is 27.5 Å². The average Bonchev–Trinajstić information content (AvgIpc) is 3.03. The number of methoxy groups -OCH3 is 1. The quantitative estimate of drug-likeness (QED) is 0.764. The van der Waals surface area contributed by atoms with Gasteiger partial charge in [-0.25, -0.2) is 9.78 Å². The van der Waals surface area contributed by atoms with Crippen LogP contribution in [0, 0.1) is 0 Å². The number of carbonyl (C=O) groups excluding carboxylic acids is 2. The topological polar surface area (TPSA) is 78.5 Å². The number of aromatic nitrogens is 2. The first-order chi connectivity index (χ1) is 14.3. The minimum atomic E-state index is -4.84. The lowest BCUT2D eigenvalue weighted by atomic mass is 9.96. The van der Waals surface area contributed by atoms with Crippen molar-refractivity contribution in [1.82, 2.24) is 19.8 Å². The summed E-state index contributed by atoms with van der Waals surface area (Å²) < 4.78 is 43.0. The van der Waals surface area contributed by atoms with Gasteiger partial charge < -0.3 is 19.5 Å². The van der Waals surface area contributed by atoms with E-state index in [9.17, 15) is 22.8 Å². The Bertz CT molecular complexity index is 919. The Balaban J connectivity index is 1.49. The van der Waals surface area contributed by atoms with Gasteiger partial charge in [-0.15, -0.1) is 0 Å². The first-order valence-electron chi connectivity index (χ1n) is 9.96. The van der Waals surface area contributed by atoms with Gasteiger partial charge in [0.2, 0.25) is 0 Å². The molecule has 0 unspecified atom stereocenters. The van der Waals surface area contributed by atoms with Crippen LogP contribution < -0.4 is 0 Å². The van der Waals surface area contributed by atoms with Crippen molar-refractivity contribution in [1.29, 1.82) is 0 Å². The zero-order valence-electron chi connectivity index (χ0n) is 16.6. The highest BCUT2D eigenvalue weighted by atomic mass is 19.4. The lowest BCUT2D eigenvalue weighted by molar-refractivity contribution is -0.185.